The van der Waals surface area contributed by atoms with Gasteiger partial charge in [-0.15, -0.1) is 0 Å². The first-order chi connectivity index (χ1) is 8.45. The molecular formula is C13H19NO4. The second kappa shape index (κ2) is 5.73. The first kappa shape index (κ1) is 14.3. The molecule has 0 saturated heterocycles. The average Bonchev–Trinajstić information content (AvgIpc) is 2.37. The SMILES string of the molecule is COc1cccc(OC)c1C(=O)NC(C)(C)CO. The summed E-state index contributed by atoms with van der Waals surface area (Å²) in [5.41, 5.74) is -0.382. The highest BCUT2D eigenvalue weighted by atomic mass is 16.5. The van der Waals surface area contributed by atoms with Gasteiger partial charge in [0.2, 0.25) is 0 Å². The van der Waals surface area contributed by atoms with E-state index in [9.17, 15) is 4.79 Å². The van der Waals surface area contributed by atoms with Gasteiger partial charge in [-0.1, -0.05) is 6.07 Å². The molecule has 100 valence electrons. The number of carbonyl (C=O) groups is 1. The van der Waals surface area contributed by atoms with Crippen molar-refractivity contribution >= 4 is 5.91 Å². The first-order valence-corrected chi connectivity index (χ1v) is 5.59. The van der Waals surface area contributed by atoms with Crippen molar-refractivity contribution in [3.05, 3.63) is 23.8 Å². The summed E-state index contributed by atoms with van der Waals surface area (Å²) in [5.74, 6) is 0.518. The molecule has 0 radical (unpaired) electrons. The number of aliphatic hydroxyl groups is 1. The highest BCUT2D eigenvalue weighted by molar-refractivity contribution is 6.00. The molecule has 0 saturated carbocycles. The van der Waals surface area contributed by atoms with E-state index < -0.39 is 5.54 Å². The van der Waals surface area contributed by atoms with Crippen LogP contribution in [0.25, 0.3) is 0 Å². The van der Waals surface area contributed by atoms with E-state index in [1.54, 1.807) is 32.0 Å². The Morgan fingerprint density at radius 2 is 1.78 bits per heavy atom. The fourth-order valence-corrected chi connectivity index (χ4v) is 1.48. The number of amides is 1. The molecule has 5 heteroatoms. The normalized spacial score (nSPS) is 10.9. The summed E-state index contributed by atoms with van der Waals surface area (Å²) in [6.07, 6.45) is 0. The maximum absolute atomic E-state index is 12.2. The lowest BCUT2D eigenvalue weighted by Crippen LogP contribution is -2.46. The Kier molecular flexibility index (Phi) is 4.55. The van der Waals surface area contributed by atoms with Gasteiger partial charge in [-0.25, -0.2) is 0 Å². The molecule has 1 aromatic carbocycles. The number of ether oxygens (including phenoxy) is 2. The van der Waals surface area contributed by atoms with Crippen molar-refractivity contribution in [3.8, 4) is 11.5 Å². The zero-order chi connectivity index (χ0) is 13.8. The van der Waals surface area contributed by atoms with Gasteiger partial charge < -0.3 is 19.9 Å². The molecule has 0 aliphatic heterocycles. The Balaban J connectivity index is 3.11. The van der Waals surface area contributed by atoms with Crippen molar-refractivity contribution in [2.24, 2.45) is 0 Å². The summed E-state index contributed by atoms with van der Waals surface area (Å²) in [7, 11) is 2.98. The first-order valence-electron chi connectivity index (χ1n) is 5.59. The van der Waals surface area contributed by atoms with Crippen molar-refractivity contribution in [3.63, 3.8) is 0 Å². The Bertz CT molecular complexity index is 407. The van der Waals surface area contributed by atoms with Gasteiger partial charge in [0.05, 0.1) is 26.4 Å². The van der Waals surface area contributed by atoms with Gasteiger partial charge in [-0.2, -0.15) is 0 Å². The Hall–Kier alpha value is -1.75. The van der Waals surface area contributed by atoms with E-state index in [4.69, 9.17) is 14.6 Å². The predicted octanol–water partition coefficient (Wildman–Crippen LogP) is 1.20. The molecule has 0 fully saturated rings. The quantitative estimate of drug-likeness (QED) is 0.827. The van der Waals surface area contributed by atoms with E-state index in [1.807, 2.05) is 0 Å². The molecule has 1 amide bonds. The van der Waals surface area contributed by atoms with Crippen LogP contribution in [0.4, 0.5) is 0 Å². The number of rotatable bonds is 5. The van der Waals surface area contributed by atoms with Crippen molar-refractivity contribution in [2.75, 3.05) is 20.8 Å². The summed E-state index contributed by atoms with van der Waals surface area (Å²) in [6, 6.07) is 5.11. The molecule has 0 unspecified atom stereocenters. The molecule has 1 rings (SSSR count). The molecule has 0 spiro atoms. The van der Waals surface area contributed by atoms with Crippen molar-refractivity contribution in [2.45, 2.75) is 19.4 Å². The van der Waals surface area contributed by atoms with Crippen LogP contribution in [0.2, 0.25) is 0 Å². The van der Waals surface area contributed by atoms with E-state index in [1.165, 1.54) is 14.2 Å². The van der Waals surface area contributed by atoms with Gasteiger partial charge >= 0.3 is 0 Å². The Morgan fingerprint density at radius 1 is 1.28 bits per heavy atom. The minimum atomic E-state index is -0.705. The monoisotopic (exact) mass is 253 g/mol. The molecule has 18 heavy (non-hydrogen) atoms. The standard InChI is InChI=1S/C13H19NO4/c1-13(2,8-15)14-12(16)11-9(17-3)6-5-7-10(11)18-4/h5-7,15H,8H2,1-4H3,(H,14,16). The second-order valence-corrected chi connectivity index (χ2v) is 4.53. The lowest BCUT2D eigenvalue weighted by Gasteiger charge is -2.24. The summed E-state index contributed by atoms with van der Waals surface area (Å²) in [6.45, 7) is 3.30. The maximum atomic E-state index is 12.2. The van der Waals surface area contributed by atoms with Crippen LogP contribution >= 0.6 is 0 Å². The van der Waals surface area contributed by atoms with Crippen LogP contribution in [0.15, 0.2) is 18.2 Å². The van der Waals surface area contributed by atoms with Gasteiger partial charge in [0.1, 0.15) is 17.1 Å². The number of hydrogen-bond donors (Lipinski definition) is 2. The van der Waals surface area contributed by atoms with E-state index in [0.717, 1.165) is 0 Å². The molecule has 5 nitrogen and oxygen atoms in total. The molecule has 0 aromatic heterocycles. The van der Waals surface area contributed by atoms with Crippen LogP contribution in [0.5, 0.6) is 11.5 Å². The van der Waals surface area contributed by atoms with Crippen molar-refractivity contribution < 1.29 is 19.4 Å². The molecule has 0 atom stereocenters. The number of aliphatic hydroxyl groups excluding tert-OH is 1. The Morgan fingerprint density at radius 3 is 2.17 bits per heavy atom. The summed E-state index contributed by atoms with van der Waals surface area (Å²) in [4.78, 5) is 12.2. The molecule has 0 aliphatic carbocycles. The van der Waals surface area contributed by atoms with Gasteiger partial charge in [0, 0.05) is 0 Å². The van der Waals surface area contributed by atoms with E-state index in [2.05, 4.69) is 5.32 Å². The van der Waals surface area contributed by atoms with Gasteiger partial charge in [0.15, 0.2) is 0 Å². The summed E-state index contributed by atoms with van der Waals surface area (Å²) < 4.78 is 10.3. The zero-order valence-electron chi connectivity index (χ0n) is 11.1. The third kappa shape index (κ3) is 3.13. The number of carbonyl (C=O) groups excluding carboxylic acids is 1. The molecule has 0 aliphatic rings. The van der Waals surface area contributed by atoms with E-state index in [-0.39, 0.29) is 12.5 Å². The zero-order valence-corrected chi connectivity index (χ0v) is 11.1. The number of nitrogens with one attached hydrogen (secondary N) is 1. The number of hydrogen-bond acceptors (Lipinski definition) is 4. The number of methoxy groups -OCH3 is 2. The second-order valence-electron chi connectivity index (χ2n) is 4.53. The third-order valence-electron chi connectivity index (χ3n) is 2.50. The Labute approximate surface area is 107 Å². The maximum Gasteiger partial charge on any atom is 0.259 e. The van der Waals surface area contributed by atoms with Gasteiger partial charge in [0.25, 0.3) is 5.91 Å². The predicted molar refractivity (Wildman–Crippen MR) is 68.2 cm³/mol. The molecule has 2 N–H and O–H groups in total. The fraction of sp³-hybridized carbons (Fsp3) is 0.462. The highest BCUT2D eigenvalue weighted by Gasteiger charge is 2.24. The molecule has 1 aromatic rings. The third-order valence-corrected chi connectivity index (χ3v) is 2.50. The van der Waals surface area contributed by atoms with Crippen LogP contribution in [0.3, 0.4) is 0 Å². The van der Waals surface area contributed by atoms with Crippen LogP contribution < -0.4 is 14.8 Å². The number of benzene rings is 1. The molecular weight excluding hydrogens is 234 g/mol. The average molecular weight is 253 g/mol. The van der Waals surface area contributed by atoms with E-state index in [0.29, 0.717) is 17.1 Å². The smallest absolute Gasteiger partial charge is 0.259 e. The highest BCUT2D eigenvalue weighted by Crippen LogP contribution is 2.28. The van der Waals surface area contributed by atoms with Crippen LogP contribution in [0.1, 0.15) is 24.2 Å². The molecule has 0 heterocycles. The lowest BCUT2D eigenvalue weighted by atomic mass is 10.1. The minimum Gasteiger partial charge on any atom is -0.496 e. The summed E-state index contributed by atoms with van der Waals surface area (Å²) in [5, 5.41) is 11.9. The van der Waals surface area contributed by atoms with Gasteiger partial charge in [-0.3, -0.25) is 4.79 Å². The topological polar surface area (TPSA) is 67.8 Å². The van der Waals surface area contributed by atoms with Crippen molar-refractivity contribution in [1.29, 1.82) is 0 Å². The van der Waals surface area contributed by atoms with Crippen LogP contribution in [0, 0.1) is 0 Å². The minimum absolute atomic E-state index is 0.157. The van der Waals surface area contributed by atoms with Gasteiger partial charge in [-0.05, 0) is 26.0 Å². The summed E-state index contributed by atoms with van der Waals surface area (Å²) >= 11 is 0. The fourth-order valence-electron chi connectivity index (χ4n) is 1.48. The largest absolute Gasteiger partial charge is 0.496 e. The van der Waals surface area contributed by atoms with Crippen molar-refractivity contribution in [1.82, 2.24) is 5.32 Å². The van der Waals surface area contributed by atoms with E-state index >= 15 is 0 Å². The lowest BCUT2D eigenvalue weighted by molar-refractivity contribution is 0.0863. The van der Waals surface area contributed by atoms with Crippen LogP contribution in [-0.2, 0) is 0 Å². The van der Waals surface area contributed by atoms with Crippen LogP contribution in [-0.4, -0.2) is 37.4 Å². The molecule has 0 bridgehead atoms.